The Kier molecular flexibility index (Phi) is 6.28. The van der Waals surface area contributed by atoms with E-state index in [1.165, 1.54) is 4.90 Å². The van der Waals surface area contributed by atoms with Gasteiger partial charge < -0.3 is 14.2 Å². The van der Waals surface area contributed by atoms with Gasteiger partial charge in [-0.1, -0.05) is 30.3 Å². The second-order valence-electron chi connectivity index (χ2n) is 7.44. The Morgan fingerprint density at radius 2 is 1.67 bits per heavy atom. The summed E-state index contributed by atoms with van der Waals surface area (Å²) < 4.78 is 17.7. The van der Waals surface area contributed by atoms with Crippen LogP contribution in [-0.4, -0.2) is 22.8 Å². The molecule has 33 heavy (non-hydrogen) atoms. The van der Waals surface area contributed by atoms with E-state index in [9.17, 15) is 9.59 Å². The van der Waals surface area contributed by atoms with Crippen molar-refractivity contribution in [2.24, 2.45) is 0 Å². The zero-order valence-corrected chi connectivity index (χ0v) is 20.3. The van der Waals surface area contributed by atoms with Gasteiger partial charge in [0, 0.05) is 3.57 Å². The molecule has 0 N–H and O–H groups in total. The van der Waals surface area contributed by atoms with Gasteiger partial charge in [-0.25, -0.2) is 0 Å². The van der Waals surface area contributed by atoms with E-state index < -0.39 is 0 Å². The van der Waals surface area contributed by atoms with Crippen LogP contribution in [0, 0.1) is 3.57 Å². The highest BCUT2D eigenvalue weighted by atomic mass is 127. The zero-order chi connectivity index (χ0) is 22.8. The molecule has 2 aliphatic heterocycles. The van der Waals surface area contributed by atoms with Crippen molar-refractivity contribution in [3.63, 3.8) is 0 Å². The predicted molar refractivity (Wildman–Crippen MR) is 134 cm³/mol. The van der Waals surface area contributed by atoms with E-state index in [0.717, 1.165) is 43.5 Å². The SMILES string of the molecule is O=C1S/C(=C\c2ccc(OCc3ccc4c(c3)OCO4)cc2)C(=O)N1Cc1ccc(I)cc1. The number of amides is 2. The quantitative estimate of drug-likeness (QED) is 0.274. The van der Waals surface area contributed by atoms with Crippen LogP contribution in [-0.2, 0) is 17.9 Å². The molecule has 1 fully saturated rings. The third kappa shape index (κ3) is 5.01. The number of imide groups is 1. The fourth-order valence-electron chi connectivity index (χ4n) is 3.42. The number of carbonyl (C=O) groups excluding carboxylic acids is 2. The molecule has 3 aromatic rings. The lowest BCUT2D eigenvalue weighted by molar-refractivity contribution is -0.123. The number of benzene rings is 3. The predicted octanol–water partition coefficient (Wildman–Crippen LogP) is 5.84. The lowest BCUT2D eigenvalue weighted by atomic mass is 10.2. The van der Waals surface area contributed by atoms with Crippen LogP contribution in [0.15, 0.2) is 71.6 Å². The maximum Gasteiger partial charge on any atom is 0.293 e. The van der Waals surface area contributed by atoms with Crippen molar-refractivity contribution in [2.75, 3.05) is 6.79 Å². The first kappa shape index (κ1) is 21.8. The monoisotopic (exact) mass is 571 g/mol. The van der Waals surface area contributed by atoms with Crippen molar-refractivity contribution in [3.8, 4) is 17.2 Å². The normalized spacial score (nSPS) is 16.0. The summed E-state index contributed by atoms with van der Waals surface area (Å²) in [6.07, 6.45) is 1.74. The summed E-state index contributed by atoms with van der Waals surface area (Å²) in [5, 5.41) is -0.256. The lowest BCUT2D eigenvalue weighted by Crippen LogP contribution is -2.27. The molecule has 0 saturated carbocycles. The van der Waals surface area contributed by atoms with Gasteiger partial charge in [0.15, 0.2) is 11.5 Å². The van der Waals surface area contributed by atoms with Gasteiger partial charge in [0.05, 0.1) is 11.4 Å². The number of hydrogen-bond donors (Lipinski definition) is 0. The first-order valence-corrected chi connectivity index (χ1v) is 12.1. The number of carbonyl (C=O) groups is 2. The summed E-state index contributed by atoms with van der Waals surface area (Å²) in [6, 6.07) is 20.9. The molecule has 3 aromatic carbocycles. The van der Waals surface area contributed by atoms with Crippen molar-refractivity contribution in [2.45, 2.75) is 13.2 Å². The van der Waals surface area contributed by atoms with Crippen LogP contribution < -0.4 is 14.2 Å². The van der Waals surface area contributed by atoms with E-state index in [1.807, 2.05) is 66.7 Å². The molecule has 6 nitrogen and oxygen atoms in total. The van der Waals surface area contributed by atoms with E-state index in [-0.39, 0.29) is 24.5 Å². The van der Waals surface area contributed by atoms with E-state index in [0.29, 0.717) is 17.3 Å². The average Bonchev–Trinajstić information content (AvgIpc) is 3.39. The van der Waals surface area contributed by atoms with Crippen molar-refractivity contribution in [1.29, 1.82) is 0 Å². The summed E-state index contributed by atoms with van der Waals surface area (Å²) in [6.45, 7) is 0.908. The smallest absolute Gasteiger partial charge is 0.293 e. The largest absolute Gasteiger partial charge is 0.489 e. The molecule has 1 saturated heterocycles. The van der Waals surface area contributed by atoms with Gasteiger partial charge in [-0.2, -0.15) is 0 Å². The molecule has 0 radical (unpaired) electrons. The minimum absolute atomic E-state index is 0.242. The summed E-state index contributed by atoms with van der Waals surface area (Å²) in [5.41, 5.74) is 2.72. The number of thioether (sulfide) groups is 1. The lowest BCUT2D eigenvalue weighted by Gasteiger charge is -2.12. The van der Waals surface area contributed by atoms with Crippen molar-refractivity contribution in [1.82, 2.24) is 4.90 Å². The molecule has 166 valence electrons. The Labute approximate surface area is 208 Å². The molecule has 0 atom stereocenters. The molecule has 0 aromatic heterocycles. The third-order valence-corrected chi connectivity index (χ3v) is 6.77. The van der Waals surface area contributed by atoms with Gasteiger partial charge in [-0.05, 0) is 93.5 Å². The van der Waals surface area contributed by atoms with E-state index >= 15 is 0 Å². The minimum atomic E-state index is -0.272. The second-order valence-corrected chi connectivity index (χ2v) is 9.68. The van der Waals surface area contributed by atoms with Gasteiger partial charge in [-0.15, -0.1) is 0 Å². The van der Waals surface area contributed by atoms with Gasteiger partial charge in [0.1, 0.15) is 12.4 Å². The van der Waals surface area contributed by atoms with Gasteiger partial charge in [0.25, 0.3) is 11.1 Å². The van der Waals surface area contributed by atoms with Crippen LogP contribution in [0.2, 0.25) is 0 Å². The average molecular weight is 571 g/mol. The molecule has 0 unspecified atom stereocenters. The highest BCUT2D eigenvalue weighted by molar-refractivity contribution is 14.1. The maximum absolute atomic E-state index is 12.8. The van der Waals surface area contributed by atoms with E-state index in [4.69, 9.17) is 14.2 Å². The molecule has 2 heterocycles. The van der Waals surface area contributed by atoms with Crippen LogP contribution >= 0.6 is 34.4 Å². The highest BCUT2D eigenvalue weighted by Gasteiger charge is 2.34. The van der Waals surface area contributed by atoms with Crippen molar-refractivity contribution >= 4 is 51.6 Å². The van der Waals surface area contributed by atoms with Crippen molar-refractivity contribution in [3.05, 3.63) is 91.9 Å². The Hall–Kier alpha value is -2.98. The number of hydrogen-bond acceptors (Lipinski definition) is 6. The minimum Gasteiger partial charge on any atom is -0.489 e. The maximum atomic E-state index is 12.8. The van der Waals surface area contributed by atoms with Crippen molar-refractivity contribution < 1.29 is 23.8 Å². The van der Waals surface area contributed by atoms with Crippen LogP contribution in [0.25, 0.3) is 6.08 Å². The van der Waals surface area contributed by atoms with Gasteiger partial charge >= 0.3 is 0 Å². The fraction of sp³-hybridized carbons (Fsp3) is 0.120. The summed E-state index contributed by atoms with van der Waals surface area (Å²) in [5.74, 6) is 1.90. The summed E-state index contributed by atoms with van der Waals surface area (Å²) in [7, 11) is 0. The topological polar surface area (TPSA) is 65.1 Å². The van der Waals surface area contributed by atoms with Crippen LogP contribution in [0.1, 0.15) is 16.7 Å². The Bertz CT molecular complexity index is 1240. The molecular weight excluding hydrogens is 553 g/mol. The summed E-state index contributed by atoms with van der Waals surface area (Å²) in [4.78, 5) is 26.9. The number of nitrogens with zero attached hydrogens (tertiary/aromatic N) is 1. The Balaban J connectivity index is 1.22. The van der Waals surface area contributed by atoms with Gasteiger partial charge in [0.2, 0.25) is 6.79 Å². The second kappa shape index (κ2) is 9.48. The fourth-order valence-corrected chi connectivity index (χ4v) is 4.62. The zero-order valence-electron chi connectivity index (χ0n) is 17.3. The number of ether oxygens (including phenoxy) is 3. The van der Waals surface area contributed by atoms with E-state index in [1.54, 1.807) is 6.08 Å². The van der Waals surface area contributed by atoms with Crippen LogP contribution in [0.3, 0.4) is 0 Å². The first-order chi connectivity index (χ1) is 16.0. The number of halogens is 1. The van der Waals surface area contributed by atoms with E-state index in [2.05, 4.69) is 22.6 Å². The first-order valence-electron chi connectivity index (χ1n) is 10.2. The van der Waals surface area contributed by atoms with Crippen LogP contribution in [0.4, 0.5) is 4.79 Å². The molecular formula is C25H18INO5S. The third-order valence-electron chi connectivity index (χ3n) is 5.15. The summed E-state index contributed by atoms with van der Waals surface area (Å²) >= 11 is 3.19. The Morgan fingerprint density at radius 3 is 2.45 bits per heavy atom. The number of rotatable bonds is 6. The molecule has 0 spiro atoms. The number of fused-ring (bicyclic) bond motifs is 1. The molecule has 0 bridgehead atoms. The molecule has 2 aliphatic rings. The van der Waals surface area contributed by atoms with Crippen LogP contribution in [0.5, 0.6) is 17.2 Å². The highest BCUT2D eigenvalue weighted by Crippen LogP contribution is 2.34. The van der Waals surface area contributed by atoms with Gasteiger partial charge in [-0.3, -0.25) is 14.5 Å². The Morgan fingerprint density at radius 1 is 0.939 bits per heavy atom. The standard InChI is InChI=1S/C25H18INO5S/c26-19-6-1-17(2-7-19)13-27-24(28)23(33-25(27)29)12-16-3-8-20(9-4-16)30-14-18-5-10-21-22(11-18)32-15-31-21/h1-12H,13-15H2/b23-12-. The molecule has 5 rings (SSSR count). The molecule has 8 heteroatoms. The molecule has 2 amide bonds. The molecule has 0 aliphatic carbocycles.